The maximum Gasteiger partial charge on any atom is 0.244 e. The molecule has 0 spiro atoms. The van der Waals surface area contributed by atoms with Gasteiger partial charge >= 0.3 is 0 Å². The minimum atomic E-state index is -1.22. The normalized spacial score (nSPS) is 14.0. The number of hydrogen-bond acceptors (Lipinski definition) is 5. The van der Waals surface area contributed by atoms with Crippen LogP contribution in [0.1, 0.15) is 16.2 Å². The molecule has 3 aromatic heterocycles. The molecule has 0 aromatic carbocycles. The van der Waals surface area contributed by atoms with Crippen LogP contribution in [0.25, 0.3) is 6.08 Å². The smallest absolute Gasteiger partial charge is 0.244 e. The van der Waals surface area contributed by atoms with E-state index in [-0.39, 0.29) is 12.5 Å². The molecule has 0 aliphatic carbocycles. The number of amides is 1. The van der Waals surface area contributed by atoms with Crippen LogP contribution in [0.3, 0.4) is 0 Å². The summed E-state index contributed by atoms with van der Waals surface area (Å²) >= 11 is 2.97. The molecule has 0 saturated heterocycles. The second kappa shape index (κ2) is 6.95. The quantitative estimate of drug-likeness (QED) is 0.673. The van der Waals surface area contributed by atoms with E-state index in [0.717, 1.165) is 10.4 Å². The van der Waals surface area contributed by atoms with Gasteiger partial charge in [0.2, 0.25) is 5.91 Å². The van der Waals surface area contributed by atoms with E-state index in [1.165, 1.54) is 28.7 Å². The Bertz CT molecular complexity index is 725. The van der Waals surface area contributed by atoms with Crippen molar-refractivity contribution in [3.8, 4) is 0 Å². The number of rotatable bonds is 6. The zero-order valence-corrected chi connectivity index (χ0v) is 13.8. The molecule has 2 N–H and O–H groups in total. The molecule has 6 heteroatoms. The van der Waals surface area contributed by atoms with Crippen LogP contribution < -0.4 is 5.32 Å². The van der Waals surface area contributed by atoms with E-state index in [2.05, 4.69) is 5.32 Å². The highest BCUT2D eigenvalue weighted by molar-refractivity contribution is 7.10. The van der Waals surface area contributed by atoms with Crippen LogP contribution in [-0.4, -0.2) is 17.6 Å². The van der Waals surface area contributed by atoms with Gasteiger partial charge in [0.25, 0.3) is 0 Å². The number of aliphatic hydroxyl groups is 1. The van der Waals surface area contributed by atoms with Crippen LogP contribution in [0, 0.1) is 0 Å². The minimum Gasteiger partial charge on any atom is -0.465 e. The van der Waals surface area contributed by atoms with Gasteiger partial charge in [-0.2, -0.15) is 11.3 Å². The molecule has 0 bridgehead atoms. The van der Waals surface area contributed by atoms with Gasteiger partial charge in [0, 0.05) is 16.5 Å². The van der Waals surface area contributed by atoms with Crippen LogP contribution in [0.4, 0.5) is 0 Å². The van der Waals surface area contributed by atoms with E-state index in [4.69, 9.17) is 4.42 Å². The van der Waals surface area contributed by atoms with Crippen LogP contribution in [-0.2, 0) is 10.4 Å². The summed E-state index contributed by atoms with van der Waals surface area (Å²) in [6, 6.07) is 9.14. The zero-order valence-electron chi connectivity index (χ0n) is 12.1. The third-order valence-electron chi connectivity index (χ3n) is 3.39. The van der Waals surface area contributed by atoms with E-state index in [1.807, 2.05) is 34.3 Å². The summed E-state index contributed by atoms with van der Waals surface area (Å²) in [6.45, 7) is 0.103. The Kier molecular flexibility index (Phi) is 4.76. The Balaban J connectivity index is 1.71. The van der Waals surface area contributed by atoms with Crippen molar-refractivity contribution in [2.24, 2.45) is 0 Å². The molecule has 0 fully saturated rings. The van der Waals surface area contributed by atoms with Crippen molar-refractivity contribution in [3.05, 3.63) is 75.0 Å². The molecule has 0 radical (unpaired) electrons. The molecule has 4 nitrogen and oxygen atoms in total. The van der Waals surface area contributed by atoms with Crippen LogP contribution in [0.2, 0.25) is 0 Å². The molecule has 0 aliphatic heterocycles. The van der Waals surface area contributed by atoms with Crippen molar-refractivity contribution in [3.63, 3.8) is 0 Å². The Hall–Kier alpha value is -2.15. The van der Waals surface area contributed by atoms with Gasteiger partial charge in [0.1, 0.15) is 11.4 Å². The lowest BCUT2D eigenvalue weighted by molar-refractivity contribution is -0.117. The molecule has 0 saturated carbocycles. The third-order valence-corrected chi connectivity index (χ3v) is 5.09. The van der Waals surface area contributed by atoms with E-state index in [9.17, 15) is 9.90 Å². The monoisotopic (exact) mass is 345 g/mol. The number of nitrogens with one attached hydrogen (secondary N) is 1. The van der Waals surface area contributed by atoms with Crippen molar-refractivity contribution in [2.75, 3.05) is 6.54 Å². The first kappa shape index (κ1) is 15.7. The van der Waals surface area contributed by atoms with E-state index in [1.54, 1.807) is 24.5 Å². The van der Waals surface area contributed by atoms with Crippen molar-refractivity contribution in [1.29, 1.82) is 0 Å². The van der Waals surface area contributed by atoms with Gasteiger partial charge in [-0.05, 0) is 46.5 Å². The van der Waals surface area contributed by atoms with Crippen LogP contribution >= 0.6 is 22.7 Å². The number of thiophene rings is 2. The topological polar surface area (TPSA) is 62.5 Å². The molecule has 1 atom stereocenters. The Morgan fingerprint density at radius 1 is 1.30 bits per heavy atom. The lowest BCUT2D eigenvalue weighted by Gasteiger charge is -2.26. The summed E-state index contributed by atoms with van der Waals surface area (Å²) in [5.74, 6) is 0.318. The van der Waals surface area contributed by atoms with Gasteiger partial charge in [0.05, 0.1) is 12.8 Å². The van der Waals surface area contributed by atoms with Crippen molar-refractivity contribution in [2.45, 2.75) is 5.60 Å². The summed E-state index contributed by atoms with van der Waals surface area (Å²) in [5.41, 5.74) is -0.442. The molecule has 0 unspecified atom stereocenters. The van der Waals surface area contributed by atoms with E-state index in [0.29, 0.717) is 5.76 Å². The fraction of sp³-hybridized carbons (Fsp3) is 0.118. The van der Waals surface area contributed by atoms with Gasteiger partial charge in [-0.1, -0.05) is 6.07 Å². The van der Waals surface area contributed by atoms with Gasteiger partial charge in [-0.25, -0.2) is 0 Å². The maximum atomic E-state index is 12.0. The Labute approximate surface area is 141 Å². The molecule has 3 aromatic rings. The molecule has 3 rings (SSSR count). The molecule has 23 heavy (non-hydrogen) atoms. The zero-order chi connectivity index (χ0) is 16.1. The average molecular weight is 345 g/mol. The molecule has 3 heterocycles. The fourth-order valence-corrected chi connectivity index (χ4v) is 3.73. The summed E-state index contributed by atoms with van der Waals surface area (Å²) < 4.78 is 5.13. The highest BCUT2D eigenvalue weighted by Gasteiger charge is 2.33. The number of carbonyl (C=O) groups excluding carboxylic acids is 1. The van der Waals surface area contributed by atoms with E-state index < -0.39 is 5.60 Å². The lowest BCUT2D eigenvalue weighted by atomic mass is 9.94. The molecule has 118 valence electrons. The average Bonchev–Trinajstić information content (AvgIpc) is 3.33. The molecular formula is C17H15NO3S2. The highest BCUT2D eigenvalue weighted by Crippen LogP contribution is 2.33. The second-order valence-corrected chi connectivity index (χ2v) is 6.64. The first-order valence-electron chi connectivity index (χ1n) is 6.97. The third kappa shape index (κ3) is 3.61. The fourth-order valence-electron chi connectivity index (χ4n) is 2.16. The first-order valence-corrected chi connectivity index (χ1v) is 8.79. The van der Waals surface area contributed by atoms with Gasteiger partial charge in [-0.3, -0.25) is 4.79 Å². The number of hydrogen-bond donors (Lipinski definition) is 2. The minimum absolute atomic E-state index is 0.103. The van der Waals surface area contributed by atoms with E-state index >= 15 is 0 Å². The van der Waals surface area contributed by atoms with Crippen LogP contribution in [0.5, 0.6) is 0 Å². The molecule has 0 aliphatic rings. The van der Waals surface area contributed by atoms with Crippen molar-refractivity contribution < 1.29 is 14.3 Å². The molecular weight excluding hydrogens is 330 g/mol. The van der Waals surface area contributed by atoms with Crippen molar-refractivity contribution in [1.82, 2.24) is 5.32 Å². The van der Waals surface area contributed by atoms with Crippen LogP contribution in [0.15, 0.2) is 63.2 Å². The largest absolute Gasteiger partial charge is 0.465 e. The first-order chi connectivity index (χ1) is 11.2. The highest BCUT2D eigenvalue weighted by atomic mass is 32.1. The Morgan fingerprint density at radius 2 is 2.22 bits per heavy atom. The van der Waals surface area contributed by atoms with Gasteiger partial charge in [0.15, 0.2) is 0 Å². The summed E-state index contributed by atoms with van der Waals surface area (Å²) in [7, 11) is 0. The van der Waals surface area contributed by atoms with Gasteiger partial charge < -0.3 is 14.8 Å². The number of furan rings is 1. The van der Waals surface area contributed by atoms with Gasteiger partial charge in [-0.15, -0.1) is 11.3 Å². The summed E-state index contributed by atoms with van der Waals surface area (Å²) in [4.78, 5) is 12.8. The SMILES string of the molecule is O=C(/C=C/c1ccco1)NC[C@](O)(c1ccsc1)c1cccs1. The molecule has 1 amide bonds. The van der Waals surface area contributed by atoms with Crippen molar-refractivity contribution >= 4 is 34.7 Å². The standard InChI is InChI=1S/C17H15NO3S2/c19-16(6-5-14-3-1-8-21-14)18-12-17(20,13-7-10-22-11-13)15-4-2-9-23-15/h1-11,20H,12H2,(H,18,19)/b6-5+/t17-/m0/s1. The second-order valence-electron chi connectivity index (χ2n) is 4.92. The summed E-state index contributed by atoms with van der Waals surface area (Å²) in [6.07, 6.45) is 4.52. The Morgan fingerprint density at radius 3 is 2.87 bits per heavy atom. The predicted molar refractivity (Wildman–Crippen MR) is 92.4 cm³/mol. The summed E-state index contributed by atoms with van der Waals surface area (Å²) in [5, 5.41) is 19.6. The maximum absolute atomic E-state index is 12.0. The predicted octanol–water partition coefficient (Wildman–Crippen LogP) is 3.47. The lowest BCUT2D eigenvalue weighted by Crippen LogP contribution is -2.40. The number of carbonyl (C=O) groups is 1.